The number of halogens is 1. The summed E-state index contributed by atoms with van der Waals surface area (Å²) in [5.74, 6) is 0.712. The topological polar surface area (TPSA) is 39.1 Å². The first-order valence-electron chi connectivity index (χ1n) is 6.90. The largest absolute Gasteiger partial charge is 0.370 e. The van der Waals surface area contributed by atoms with Crippen LogP contribution < -0.4 is 10.2 Å². The summed E-state index contributed by atoms with van der Waals surface area (Å²) in [6.45, 7) is 6.29. The Balaban J connectivity index is 2.14. The molecule has 3 nitrogen and oxygen atoms in total. The summed E-state index contributed by atoms with van der Waals surface area (Å²) in [4.78, 5) is 2.30. The number of rotatable bonds is 4. The molecule has 1 fully saturated rings. The molecule has 1 aromatic rings. The highest BCUT2D eigenvalue weighted by molar-refractivity contribution is 6.30. The highest BCUT2D eigenvalue weighted by Crippen LogP contribution is 2.25. The molecule has 102 valence electrons. The lowest BCUT2D eigenvalue weighted by atomic mass is 9.97. The SMILES string of the molecule is CCN(CC1CCNCC1)c1ccc(Cl)cc1C#N. The lowest BCUT2D eigenvalue weighted by Gasteiger charge is -2.31. The molecule has 0 radical (unpaired) electrons. The van der Waals surface area contributed by atoms with Crippen LogP contribution in [-0.4, -0.2) is 26.2 Å². The highest BCUT2D eigenvalue weighted by atomic mass is 35.5. The Morgan fingerprint density at radius 1 is 1.42 bits per heavy atom. The van der Waals surface area contributed by atoms with E-state index >= 15 is 0 Å². The van der Waals surface area contributed by atoms with Gasteiger partial charge in [-0.2, -0.15) is 5.26 Å². The van der Waals surface area contributed by atoms with Gasteiger partial charge in [-0.05, 0) is 57.0 Å². The van der Waals surface area contributed by atoms with Gasteiger partial charge in [0.05, 0.1) is 11.3 Å². The Bertz CT molecular complexity index is 461. The van der Waals surface area contributed by atoms with Crippen molar-refractivity contribution in [3.63, 3.8) is 0 Å². The Kier molecular flexibility index (Phi) is 5.07. The van der Waals surface area contributed by atoms with Gasteiger partial charge in [0.15, 0.2) is 0 Å². The molecule has 0 unspecified atom stereocenters. The summed E-state index contributed by atoms with van der Waals surface area (Å²) in [5, 5.41) is 13.3. The van der Waals surface area contributed by atoms with E-state index in [0.29, 0.717) is 16.5 Å². The normalized spacial score (nSPS) is 16.1. The summed E-state index contributed by atoms with van der Waals surface area (Å²) in [6, 6.07) is 7.83. The van der Waals surface area contributed by atoms with Crippen molar-refractivity contribution < 1.29 is 0 Å². The second kappa shape index (κ2) is 6.79. The molecular formula is C15H20ClN3. The minimum Gasteiger partial charge on any atom is -0.370 e. The van der Waals surface area contributed by atoms with Crippen LogP contribution in [0, 0.1) is 17.2 Å². The minimum atomic E-state index is 0.623. The van der Waals surface area contributed by atoms with E-state index in [1.54, 1.807) is 6.07 Å². The molecule has 1 aliphatic rings. The van der Waals surface area contributed by atoms with E-state index in [4.69, 9.17) is 11.6 Å². The van der Waals surface area contributed by atoms with Gasteiger partial charge in [0, 0.05) is 18.1 Å². The molecule has 0 spiro atoms. The fourth-order valence-electron chi connectivity index (χ4n) is 2.65. The Morgan fingerprint density at radius 3 is 2.79 bits per heavy atom. The van der Waals surface area contributed by atoms with Crippen LogP contribution in [0.2, 0.25) is 5.02 Å². The minimum absolute atomic E-state index is 0.623. The average Bonchev–Trinajstić information content (AvgIpc) is 2.46. The van der Waals surface area contributed by atoms with Gasteiger partial charge >= 0.3 is 0 Å². The molecule has 1 heterocycles. The number of hydrogen-bond donors (Lipinski definition) is 1. The Labute approximate surface area is 120 Å². The molecule has 0 saturated carbocycles. The van der Waals surface area contributed by atoms with Crippen molar-refractivity contribution >= 4 is 17.3 Å². The number of nitriles is 1. The molecule has 1 N–H and O–H groups in total. The van der Waals surface area contributed by atoms with Crippen molar-refractivity contribution in [3.8, 4) is 6.07 Å². The van der Waals surface area contributed by atoms with E-state index in [1.807, 2.05) is 12.1 Å². The summed E-state index contributed by atoms with van der Waals surface area (Å²) < 4.78 is 0. The van der Waals surface area contributed by atoms with E-state index < -0.39 is 0 Å². The molecule has 19 heavy (non-hydrogen) atoms. The van der Waals surface area contributed by atoms with E-state index in [-0.39, 0.29) is 0 Å². The number of nitrogens with one attached hydrogen (secondary N) is 1. The third-order valence-corrected chi connectivity index (χ3v) is 3.97. The third-order valence-electron chi connectivity index (χ3n) is 3.74. The molecule has 0 bridgehead atoms. The zero-order valence-electron chi connectivity index (χ0n) is 11.3. The predicted molar refractivity (Wildman–Crippen MR) is 79.6 cm³/mol. The number of benzene rings is 1. The number of nitrogens with zero attached hydrogens (tertiary/aromatic N) is 2. The van der Waals surface area contributed by atoms with Gasteiger partial charge in [-0.1, -0.05) is 11.6 Å². The van der Waals surface area contributed by atoms with Gasteiger partial charge in [0.2, 0.25) is 0 Å². The van der Waals surface area contributed by atoms with Crippen LogP contribution in [0.15, 0.2) is 18.2 Å². The Hall–Kier alpha value is -1.24. The molecule has 0 aliphatic carbocycles. The van der Waals surface area contributed by atoms with Gasteiger partial charge in [-0.25, -0.2) is 0 Å². The average molecular weight is 278 g/mol. The lowest BCUT2D eigenvalue weighted by Crippen LogP contribution is -2.36. The first-order chi connectivity index (χ1) is 9.24. The fraction of sp³-hybridized carbons (Fsp3) is 0.533. The molecule has 0 amide bonds. The van der Waals surface area contributed by atoms with Crippen molar-refractivity contribution in [2.75, 3.05) is 31.1 Å². The van der Waals surface area contributed by atoms with E-state index in [9.17, 15) is 5.26 Å². The highest BCUT2D eigenvalue weighted by Gasteiger charge is 2.18. The van der Waals surface area contributed by atoms with Crippen molar-refractivity contribution in [1.29, 1.82) is 5.26 Å². The number of anilines is 1. The van der Waals surface area contributed by atoms with Crippen LogP contribution in [0.1, 0.15) is 25.3 Å². The fourth-order valence-corrected chi connectivity index (χ4v) is 2.82. The summed E-state index contributed by atoms with van der Waals surface area (Å²) in [6.07, 6.45) is 2.43. The summed E-state index contributed by atoms with van der Waals surface area (Å²) >= 11 is 5.96. The number of piperidine rings is 1. The van der Waals surface area contributed by atoms with Crippen LogP contribution in [0.4, 0.5) is 5.69 Å². The third kappa shape index (κ3) is 3.62. The predicted octanol–water partition coefficient (Wildman–Crippen LogP) is 3.04. The maximum absolute atomic E-state index is 9.25. The summed E-state index contributed by atoms with van der Waals surface area (Å²) in [7, 11) is 0. The maximum Gasteiger partial charge on any atom is 0.101 e. The van der Waals surface area contributed by atoms with Crippen molar-refractivity contribution in [3.05, 3.63) is 28.8 Å². The molecule has 1 saturated heterocycles. The van der Waals surface area contributed by atoms with E-state index in [2.05, 4.69) is 23.2 Å². The van der Waals surface area contributed by atoms with Crippen LogP contribution in [0.5, 0.6) is 0 Å². The molecule has 4 heteroatoms. The zero-order chi connectivity index (χ0) is 13.7. The zero-order valence-corrected chi connectivity index (χ0v) is 12.1. The van der Waals surface area contributed by atoms with Gasteiger partial charge in [0.25, 0.3) is 0 Å². The van der Waals surface area contributed by atoms with E-state index in [0.717, 1.165) is 31.9 Å². The second-order valence-corrected chi connectivity index (χ2v) is 5.44. The first kappa shape index (κ1) is 14.2. The van der Waals surface area contributed by atoms with Gasteiger partial charge in [-0.3, -0.25) is 0 Å². The molecular weight excluding hydrogens is 258 g/mol. The summed E-state index contributed by atoms with van der Waals surface area (Å²) in [5.41, 5.74) is 1.68. The number of hydrogen-bond acceptors (Lipinski definition) is 3. The smallest absolute Gasteiger partial charge is 0.101 e. The van der Waals surface area contributed by atoms with Crippen LogP contribution in [-0.2, 0) is 0 Å². The quantitative estimate of drug-likeness (QED) is 0.919. The van der Waals surface area contributed by atoms with Crippen molar-refractivity contribution in [1.82, 2.24) is 5.32 Å². The van der Waals surface area contributed by atoms with E-state index in [1.165, 1.54) is 12.8 Å². The van der Waals surface area contributed by atoms with Crippen molar-refractivity contribution in [2.45, 2.75) is 19.8 Å². The molecule has 1 aromatic carbocycles. The monoisotopic (exact) mass is 277 g/mol. The standard InChI is InChI=1S/C15H20ClN3/c1-2-19(11-12-5-7-18-8-6-12)15-4-3-14(16)9-13(15)10-17/h3-4,9,12,18H,2,5-8,11H2,1H3. The lowest BCUT2D eigenvalue weighted by molar-refractivity contribution is 0.374. The molecule has 0 aromatic heterocycles. The molecule has 0 atom stereocenters. The van der Waals surface area contributed by atoms with Crippen molar-refractivity contribution in [2.24, 2.45) is 5.92 Å². The maximum atomic E-state index is 9.25. The van der Waals surface area contributed by atoms with Crippen LogP contribution in [0.25, 0.3) is 0 Å². The first-order valence-corrected chi connectivity index (χ1v) is 7.27. The van der Waals surface area contributed by atoms with Crippen LogP contribution >= 0.6 is 11.6 Å². The van der Waals surface area contributed by atoms with Gasteiger partial charge < -0.3 is 10.2 Å². The van der Waals surface area contributed by atoms with Gasteiger partial charge in [-0.15, -0.1) is 0 Å². The van der Waals surface area contributed by atoms with Crippen LogP contribution in [0.3, 0.4) is 0 Å². The Morgan fingerprint density at radius 2 is 2.16 bits per heavy atom. The van der Waals surface area contributed by atoms with Gasteiger partial charge in [0.1, 0.15) is 6.07 Å². The molecule has 1 aliphatic heterocycles. The molecule has 2 rings (SSSR count). The second-order valence-electron chi connectivity index (χ2n) is 5.01.